The van der Waals surface area contributed by atoms with Gasteiger partial charge in [-0.2, -0.15) is 0 Å². The van der Waals surface area contributed by atoms with E-state index in [4.69, 9.17) is 0 Å². The Labute approximate surface area is 122 Å². The van der Waals surface area contributed by atoms with Gasteiger partial charge < -0.3 is 10.2 Å². The number of likely N-dealkylation sites (N-methyl/N-ethyl adjacent to an activating group) is 1. The van der Waals surface area contributed by atoms with Gasteiger partial charge in [0.15, 0.2) is 0 Å². The van der Waals surface area contributed by atoms with Crippen molar-refractivity contribution < 1.29 is 4.79 Å². The van der Waals surface area contributed by atoms with Gasteiger partial charge in [0.2, 0.25) is 5.91 Å². The van der Waals surface area contributed by atoms with Crippen LogP contribution in [0.1, 0.15) is 45.1 Å². The number of benzene rings is 1. The molecule has 0 aromatic heterocycles. The molecule has 110 valence electrons. The number of nitrogens with one attached hydrogen (secondary N) is 1. The smallest absolute Gasteiger partial charge is 0.247 e. The van der Waals surface area contributed by atoms with E-state index in [0.717, 1.165) is 44.5 Å². The molecular formula is C17H26N2O. The highest BCUT2D eigenvalue weighted by Gasteiger charge is 2.42. The number of aryl methyl sites for hydroxylation is 1. The summed E-state index contributed by atoms with van der Waals surface area (Å²) in [6.45, 7) is 7.94. The summed E-state index contributed by atoms with van der Waals surface area (Å²) in [6, 6.07) is 8.21. The molecule has 3 heteroatoms. The molecule has 0 radical (unpaired) electrons. The van der Waals surface area contributed by atoms with Gasteiger partial charge in [-0.3, -0.25) is 4.79 Å². The van der Waals surface area contributed by atoms with Crippen LogP contribution in [-0.2, 0) is 4.79 Å². The number of nitrogens with zero attached hydrogens (tertiary/aromatic N) is 1. The SMILES string of the molecule is CCCC1(C(=O)N(CC)c2cccc(C)c2)CCCN1. The predicted octanol–water partition coefficient (Wildman–Crippen LogP) is 3.27. The van der Waals surface area contributed by atoms with Crippen molar-refractivity contribution in [1.29, 1.82) is 0 Å². The molecule has 2 rings (SSSR count). The molecule has 1 unspecified atom stereocenters. The van der Waals surface area contributed by atoms with Crippen LogP contribution in [0.5, 0.6) is 0 Å². The van der Waals surface area contributed by atoms with Gasteiger partial charge in [0.1, 0.15) is 0 Å². The molecular weight excluding hydrogens is 248 g/mol. The van der Waals surface area contributed by atoms with E-state index >= 15 is 0 Å². The summed E-state index contributed by atoms with van der Waals surface area (Å²) in [5, 5.41) is 3.48. The molecule has 3 nitrogen and oxygen atoms in total. The third kappa shape index (κ3) is 2.88. The lowest BCUT2D eigenvalue weighted by Crippen LogP contribution is -2.55. The Bertz CT molecular complexity index is 464. The van der Waals surface area contributed by atoms with E-state index in [1.54, 1.807) is 0 Å². The van der Waals surface area contributed by atoms with Crippen LogP contribution < -0.4 is 10.2 Å². The first-order valence-corrected chi connectivity index (χ1v) is 7.76. The summed E-state index contributed by atoms with van der Waals surface area (Å²) < 4.78 is 0. The Morgan fingerprint density at radius 1 is 1.40 bits per heavy atom. The first kappa shape index (κ1) is 15.0. The van der Waals surface area contributed by atoms with Gasteiger partial charge in [-0.25, -0.2) is 0 Å². The van der Waals surface area contributed by atoms with E-state index in [9.17, 15) is 4.79 Å². The maximum Gasteiger partial charge on any atom is 0.247 e. The van der Waals surface area contributed by atoms with E-state index in [1.807, 2.05) is 17.0 Å². The molecule has 0 aliphatic carbocycles. The first-order valence-electron chi connectivity index (χ1n) is 7.76. The fraction of sp³-hybridized carbons (Fsp3) is 0.588. The van der Waals surface area contributed by atoms with Gasteiger partial charge in [-0.05, 0) is 57.4 Å². The topological polar surface area (TPSA) is 32.3 Å². The van der Waals surface area contributed by atoms with Crippen molar-refractivity contribution >= 4 is 11.6 Å². The summed E-state index contributed by atoms with van der Waals surface area (Å²) in [6.07, 6.45) is 4.01. The molecule has 1 aliphatic rings. The highest BCUT2D eigenvalue weighted by Crippen LogP contribution is 2.29. The van der Waals surface area contributed by atoms with E-state index in [2.05, 4.69) is 38.2 Å². The molecule has 1 aromatic rings. The quantitative estimate of drug-likeness (QED) is 0.893. The Balaban J connectivity index is 2.28. The van der Waals surface area contributed by atoms with E-state index in [1.165, 1.54) is 5.56 Å². The lowest BCUT2D eigenvalue weighted by molar-refractivity contribution is -0.124. The van der Waals surface area contributed by atoms with E-state index in [-0.39, 0.29) is 11.4 Å². The van der Waals surface area contributed by atoms with Gasteiger partial charge in [0.05, 0.1) is 5.54 Å². The van der Waals surface area contributed by atoms with Crippen LogP contribution in [-0.4, -0.2) is 24.5 Å². The van der Waals surface area contributed by atoms with Crippen molar-refractivity contribution in [3.63, 3.8) is 0 Å². The maximum atomic E-state index is 13.1. The van der Waals surface area contributed by atoms with Crippen molar-refractivity contribution in [2.24, 2.45) is 0 Å². The summed E-state index contributed by atoms with van der Waals surface area (Å²) in [7, 11) is 0. The number of carbonyl (C=O) groups excluding carboxylic acids is 1. The normalized spacial score (nSPS) is 21.9. The largest absolute Gasteiger partial charge is 0.311 e. The predicted molar refractivity (Wildman–Crippen MR) is 84.1 cm³/mol. The number of carbonyl (C=O) groups is 1. The van der Waals surface area contributed by atoms with Crippen LogP contribution in [0.25, 0.3) is 0 Å². The van der Waals surface area contributed by atoms with Crippen molar-refractivity contribution in [3.8, 4) is 0 Å². The molecule has 20 heavy (non-hydrogen) atoms. The van der Waals surface area contributed by atoms with E-state index in [0.29, 0.717) is 0 Å². The van der Waals surface area contributed by atoms with Crippen molar-refractivity contribution in [3.05, 3.63) is 29.8 Å². The fourth-order valence-electron chi connectivity index (χ4n) is 3.23. The molecule has 1 atom stereocenters. The highest BCUT2D eigenvalue weighted by atomic mass is 16.2. The van der Waals surface area contributed by atoms with Gasteiger partial charge in [0.25, 0.3) is 0 Å². The fourth-order valence-corrected chi connectivity index (χ4v) is 3.23. The lowest BCUT2D eigenvalue weighted by Gasteiger charge is -2.34. The molecule has 1 fully saturated rings. The van der Waals surface area contributed by atoms with Crippen LogP contribution >= 0.6 is 0 Å². The summed E-state index contributed by atoms with van der Waals surface area (Å²) in [5.74, 6) is 0.241. The van der Waals surface area contributed by atoms with Crippen LogP contribution in [0.15, 0.2) is 24.3 Å². The summed E-state index contributed by atoms with van der Waals surface area (Å²) in [5.41, 5.74) is 1.87. The molecule has 0 spiro atoms. The van der Waals surface area contributed by atoms with E-state index < -0.39 is 0 Å². The second-order valence-corrected chi connectivity index (χ2v) is 5.75. The van der Waals surface area contributed by atoms with Gasteiger partial charge in [-0.1, -0.05) is 25.5 Å². The first-order chi connectivity index (χ1) is 9.63. The molecule has 1 amide bonds. The van der Waals surface area contributed by atoms with Crippen LogP contribution in [0.3, 0.4) is 0 Å². The third-order valence-corrected chi connectivity index (χ3v) is 4.20. The zero-order valence-electron chi connectivity index (χ0n) is 12.9. The number of hydrogen-bond donors (Lipinski definition) is 1. The van der Waals surface area contributed by atoms with Crippen molar-refractivity contribution in [1.82, 2.24) is 5.32 Å². The van der Waals surface area contributed by atoms with Gasteiger partial charge in [-0.15, -0.1) is 0 Å². The van der Waals surface area contributed by atoms with Gasteiger partial charge in [0, 0.05) is 12.2 Å². The minimum atomic E-state index is -0.339. The standard InChI is InChI=1S/C17H26N2O/c1-4-10-17(11-7-12-18-17)16(20)19(5-2)15-9-6-8-14(3)13-15/h6,8-9,13,18H,4-5,7,10-12H2,1-3H3. The molecule has 1 N–H and O–H groups in total. The zero-order chi connectivity index (χ0) is 14.6. The second-order valence-electron chi connectivity index (χ2n) is 5.75. The number of anilines is 1. The Morgan fingerprint density at radius 2 is 2.20 bits per heavy atom. The maximum absolute atomic E-state index is 13.1. The third-order valence-electron chi connectivity index (χ3n) is 4.20. The molecule has 0 bridgehead atoms. The van der Waals surface area contributed by atoms with Crippen LogP contribution in [0.2, 0.25) is 0 Å². The zero-order valence-corrected chi connectivity index (χ0v) is 12.9. The molecule has 1 aliphatic heterocycles. The summed E-state index contributed by atoms with van der Waals surface area (Å²) >= 11 is 0. The molecule has 1 aromatic carbocycles. The minimum Gasteiger partial charge on any atom is -0.311 e. The average Bonchev–Trinajstić information content (AvgIpc) is 2.90. The molecule has 1 saturated heterocycles. The second kappa shape index (κ2) is 6.40. The summed E-state index contributed by atoms with van der Waals surface area (Å²) in [4.78, 5) is 15.0. The van der Waals surface area contributed by atoms with Crippen molar-refractivity contribution in [2.75, 3.05) is 18.0 Å². The number of hydrogen-bond acceptors (Lipinski definition) is 2. The van der Waals surface area contributed by atoms with Crippen LogP contribution in [0, 0.1) is 6.92 Å². The van der Waals surface area contributed by atoms with Gasteiger partial charge >= 0.3 is 0 Å². The Morgan fingerprint density at radius 3 is 2.75 bits per heavy atom. The Hall–Kier alpha value is -1.35. The Kier molecular flexibility index (Phi) is 4.81. The number of rotatable bonds is 5. The van der Waals surface area contributed by atoms with Crippen molar-refractivity contribution in [2.45, 2.75) is 52.0 Å². The molecule has 1 heterocycles. The number of amides is 1. The highest BCUT2D eigenvalue weighted by molar-refractivity contribution is 6.00. The lowest BCUT2D eigenvalue weighted by atomic mass is 9.90. The molecule has 0 saturated carbocycles. The average molecular weight is 274 g/mol. The monoisotopic (exact) mass is 274 g/mol. The minimum absolute atomic E-state index is 0.241. The van der Waals surface area contributed by atoms with Crippen LogP contribution in [0.4, 0.5) is 5.69 Å².